The molecule has 1 aromatic heterocycles. The molecule has 0 unspecified atom stereocenters. The first-order chi connectivity index (χ1) is 8.70. The third-order valence-corrected chi connectivity index (χ3v) is 2.35. The topological polar surface area (TPSA) is 37.0 Å². The van der Waals surface area contributed by atoms with Crippen LogP contribution in [0, 0.1) is 11.6 Å². The smallest absolute Gasteiger partial charge is 0.182 e. The van der Waals surface area contributed by atoms with Crippen LogP contribution in [0.5, 0.6) is 0 Å². The zero-order valence-corrected chi connectivity index (χ0v) is 9.87. The highest BCUT2D eigenvalue weighted by atomic mass is 19.2. The molecule has 2 rings (SSSR count). The van der Waals surface area contributed by atoms with Crippen LogP contribution in [0.3, 0.4) is 0 Å². The van der Waals surface area contributed by atoms with Crippen molar-refractivity contribution in [1.29, 1.82) is 0 Å². The molecule has 0 bridgehead atoms. The van der Waals surface area contributed by atoms with E-state index in [-0.39, 0.29) is 5.69 Å². The van der Waals surface area contributed by atoms with Crippen molar-refractivity contribution >= 4 is 17.2 Å². The standard InChI is InChI=1S/C13H13F2N3/c1-2-16-12-8-9(6-7-17-12)18-11-5-3-4-10(14)13(11)15/h3-8H,2H2,1H3,(H2,16,17,18). The number of rotatable bonds is 4. The van der Waals surface area contributed by atoms with Crippen LogP contribution in [-0.4, -0.2) is 11.5 Å². The molecule has 2 N–H and O–H groups in total. The van der Waals surface area contributed by atoms with Gasteiger partial charge in [0.1, 0.15) is 5.82 Å². The van der Waals surface area contributed by atoms with Crippen LogP contribution in [0.4, 0.5) is 26.0 Å². The zero-order valence-electron chi connectivity index (χ0n) is 9.87. The quantitative estimate of drug-likeness (QED) is 0.870. The maximum Gasteiger partial charge on any atom is 0.182 e. The summed E-state index contributed by atoms with van der Waals surface area (Å²) in [6.07, 6.45) is 1.59. The van der Waals surface area contributed by atoms with E-state index >= 15 is 0 Å². The first-order valence-electron chi connectivity index (χ1n) is 5.61. The van der Waals surface area contributed by atoms with Crippen molar-refractivity contribution in [3.05, 3.63) is 48.2 Å². The van der Waals surface area contributed by atoms with E-state index in [4.69, 9.17) is 0 Å². The SMILES string of the molecule is CCNc1cc(Nc2cccc(F)c2F)ccn1. The van der Waals surface area contributed by atoms with Crippen molar-refractivity contribution in [3.63, 3.8) is 0 Å². The van der Waals surface area contributed by atoms with Gasteiger partial charge in [0.15, 0.2) is 11.6 Å². The Kier molecular flexibility index (Phi) is 3.72. The molecule has 0 atom stereocenters. The number of hydrogen-bond acceptors (Lipinski definition) is 3. The fourth-order valence-corrected chi connectivity index (χ4v) is 1.54. The van der Waals surface area contributed by atoms with Crippen molar-refractivity contribution in [3.8, 4) is 0 Å². The number of aromatic nitrogens is 1. The predicted molar refractivity (Wildman–Crippen MR) is 68.0 cm³/mol. The lowest BCUT2D eigenvalue weighted by Crippen LogP contribution is -2.01. The lowest BCUT2D eigenvalue weighted by atomic mass is 10.2. The van der Waals surface area contributed by atoms with Gasteiger partial charge in [0.05, 0.1) is 5.69 Å². The highest BCUT2D eigenvalue weighted by molar-refractivity contribution is 5.62. The van der Waals surface area contributed by atoms with Gasteiger partial charge in [-0.25, -0.2) is 13.8 Å². The molecule has 3 nitrogen and oxygen atoms in total. The largest absolute Gasteiger partial charge is 0.370 e. The number of halogens is 2. The fraction of sp³-hybridized carbons (Fsp3) is 0.154. The van der Waals surface area contributed by atoms with Gasteiger partial charge in [-0.15, -0.1) is 0 Å². The second-order valence-corrected chi connectivity index (χ2v) is 3.69. The summed E-state index contributed by atoms with van der Waals surface area (Å²) >= 11 is 0. The minimum atomic E-state index is -0.890. The maximum atomic E-state index is 13.5. The van der Waals surface area contributed by atoms with Crippen molar-refractivity contribution in [2.75, 3.05) is 17.2 Å². The molecule has 1 aromatic carbocycles. The van der Waals surface area contributed by atoms with Crippen LogP contribution in [0.1, 0.15) is 6.92 Å². The van der Waals surface area contributed by atoms with Gasteiger partial charge in [-0.2, -0.15) is 0 Å². The van der Waals surface area contributed by atoms with Gasteiger partial charge in [-0.05, 0) is 25.1 Å². The van der Waals surface area contributed by atoms with E-state index in [0.29, 0.717) is 11.5 Å². The van der Waals surface area contributed by atoms with Crippen LogP contribution in [-0.2, 0) is 0 Å². The third kappa shape index (κ3) is 2.74. The molecule has 2 aromatic rings. The van der Waals surface area contributed by atoms with Crippen molar-refractivity contribution < 1.29 is 8.78 Å². The van der Waals surface area contributed by atoms with E-state index in [1.165, 1.54) is 12.1 Å². The molecule has 0 aliphatic carbocycles. The van der Waals surface area contributed by atoms with Gasteiger partial charge in [-0.3, -0.25) is 0 Å². The second-order valence-electron chi connectivity index (χ2n) is 3.69. The molecule has 1 heterocycles. The molecule has 0 aliphatic rings. The van der Waals surface area contributed by atoms with Crippen LogP contribution < -0.4 is 10.6 Å². The number of nitrogens with one attached hydrogen (secondary N) is 2. The molecule has 0 fully saturated rings. The average molecular weight is 249 g/mol. The number of anilines is 3. The maximum absolute atomic E-state index is 13.5. The first kappa shape index (κ1) is 12.3. The second kappa shape index (κ2) is 5.44. The third-order valence-electron chi connectivity index (χ3n) is 2.35. The summed E-state index contributed by atoms with van der Waals surface area (Å²) in [4.78, 5) is 4.09. The number of hydrogen-bond donors (Lipinski definition) is 2. The summed E-state index contributed by atoms with van der Waals surface area (Å²) in [5.74, 6) is -1.08. The van der Waals surface area contributed by atoms with Gasteiger partial charge in [0, 0.05) is 24.5 Å². The van der Waals surface area contributed by atoms with E-state index in [2.05, 4.69) is 15.6 Å². The van der Waals surface area contributed by atoms with E-state index < -0.39 is 11.6 Å². The van der Waals surface area contributed by atoms with Gasteiger partial charge in [0.2, 0.25) is 0 Å². The summed E-state index contributed by atoms with van der Waals surface area (Å²) in [6.45, 7) is 2.69. The summed E-state index contributed by atoms with van der Waals surface area (Å²) in [6, 6.07) is 7.43. The monoisotopic (exact) mass is 249 g/mol. The van der Waals surface area contributed by atoms with Crippen LogP contribution >= 0.6 is 0 Å². The molecule has 5 heteroatoms. The summed E-state index contributed by atoms with van der Waals surface area (Å²) in [7, 11) is 0. The number of pyridine rings is 1. The first-order valence-corrected chi connectivity index (χ1v) is 5.61. The molecule has 0 spiro atoms. The molecule has 94 valence electrons. The zero-order chi connectivity index (χ0) is 13.0. The average Bonchev–Trinajstić information content (AvgIpc) is 2.36. The Morgan fingerprint density at radius 1 is 1.22 bits per heavy atom. The highest BCUT2D eigenvalue weighted by Crippen LogP contribution is 2.22. The Balaban J connectivity index is 2.23. The highest BCUT2D eigenvalue weighted by Gasteiger charge is 2.07. The summed E-state index contributed by atoms with van der Waals surface area (Å²) in [5.41, 5.74) is 0.745. The van der Waals surface area contributed by atoms with Crippen LogP contribution in [0.15, 0.2) is 36.5 Å². The van der Waals surface area contributed by atoms with Gasteiger partial charge in [-0.1, -0.05) is 6.07 Å². The lowest BCUT2D eigenvalue weighted by molar-refractivity contribution is 0.512. The summed E-state index contributed by atoms with van der Waals surface area (Å²) in [5, 5.41) is 5.86. The Morgan fingerprint density at radius 2 is 2.06 bits per heavy atom. The molecule has 0 amide bonds. The van der Waals surface area contributed by atoms with Gasteiger partial charge >= 0.3 is 0 Å². The molecule has 0 radical (unpaired) electrons. The molecule has 18 heavy (non-hydrogen) atoms. The Morgan fingerprint density at radius 3 is 2.83 bits per heavy atom. The summed E-state index contributed by atoms with van der Waals surface area (Å²) < 4.78 is 26.5. The van der Waals surface area contributed by atoms with Crippen molar-refractivity contribution in [1.82, 2.24) is 4.98 Å². The van der Waals surface area contributed by atoms with Crippen molar-refractivity contribution in [2.24, 2.45) is 0 Å². The fourth-order valence-electron chi connectivity index (χ4n) is 1.54. The van der Waals surface area contributed by atoms with Crippen molar-refractivity contribution in [2.45, 2.75) is 6.92 Å². The molecule has 0 saturated heterocycles. The normalized spacial score (nSPS) is 10.2. The minimum Gasteiger partial charge on any atom is -0.370 e. The van der Waals surface area contributed by atoms with Gasteiger partial charge in [0.25, 0.3) is 0 Å². The predicted octanol–water partition coefficient (Wildman–Crippen LogP) is 3.54. The Bertz CT molecular complexity index is 544. The van der Waals surface area contributed by atoms with E-state index in [9.17, 15) is 8.78 Å². The van der Waals surface area contributed by atoms with E-state index in [0.717, 1.165) is 12.6 Å². The molecule has 0 saturated carbocycles. The van der Waals surface area contributed by atoms with Crippen LogP contribution in [0.25, 0.3) is 0 Å². The number of nitrogens with zero attached hydrogens (tertiary/aromatic N) is 1. The number of benzene rings is 1. The Labute approximate surface area is 104 Å². The molecular formula is C13H13F2N3. The Hall–Kier alpha value is -2.17. The van der Waals surface area contributed by atoms with E-state index in [1.807, 2.05) is 6.92 Å². The van der Waals surface area contributed by atoms with E-state index in [1.54, 1.807) is 18.3 Å². The lowest BCUT2D eigenvalue weighted by Gasteiger charge is -2.09. The molecular weight excluding hydrogens is 236 g/mol. The molecule has 0 aliphatic heterocycles. The van der Waals surface area contributed by atoms with Gasteiger partial charge < -0.3 is 10.6 Å². The van der Waals surface area contributed by atoms with Crippen LogP contribution in [0.2, 0.25) is 0 Å². The minimum absolute atomic E-state index is 0.101.